The summed E-state index contributed by atoms with van der Waals surface area (Å²) in [5.74, 6) is -0.930. The Morgan fingerprint density at radius 2 is 2.12 bits per heavy atom. The lowest BCUT2D eigenvalue weighted by Gasteiger charge is -2.23. The molecule has 0 aliphatic carbocycles. The van der Waals surface area contributed by atoms with Gasteiger partial charge in [-0.25, -0.2) is 9.78 Å². The quantitative estimate of drug-likeness (QED) is 0.447. The zero-order valence-electron chi connectivity index (χ0n) is 21.1. The Hall–Kier alpha value is -2.65. The van der Waals surface area contributed by atoms with Crippen molar-refractivity contribution in [3.05, 3.63) is 18.0 Å². The molecular formula is C25H38N4O5. The first kappa shape index (κ1) is 26.0. The van der Waals surface area contributed by atoms with Gasteiger partial charge in [0, 0.05) is 24.0 Å². The predicted octanol–water partition coefficient (Wildman–Crippen LogP) is 3.95. The summed E-state index contributed by atoms with van der Waals surface area (Å²) >= 11 is 0. The van der Waals surface area contributed by atoms with Gasteiger partial charge in [-0.1, -0.05) is 13.8 Å². The van der Waals surface area contributed by atoms with Crippen LogP contribution in [0.2, 0.25) is 0 Å². The van der Waals surface area contributed by atoms with Crippen molar-refractivity contribution in [2.45, 2.75) is 84.6 Å². The molecule has 2 aromatic heterocycles. The highest BCUT2D eigenvalue weighted by molar-refractivity contribution is 6.11. The van der Waals surface area contributed by atoms with E-state index in [1.807, 2.05) is 26.8 Å². The molecule has 9 heteroatoms. The lowest BCUT2D eigenvalue weighted by molar-refractivity contribution is -0.119. The van der Waals surface area contributed by atoms with Crippen molar-refractivity contribution in [1.29, 1.82) is 0 Å². The normalized spacial score (nSPS) is 18.0. The van der Waals surface area contributed by atoms with Gasteiger partial charge in [0.1, 0.15) is 5.65 Å². The molecule has 3 heterocycles. The van der Waals surface area contributed by atoms with Crippen molar-refractivity contribution in [2.75, 3.05) is 24.4 Å². The first-order valence-corrected chi connectivity index (χ1v) is 12.1. The Kier molecular flexibility index (Phi) is 8.20. The van der Waals surface area contributed by atoms with Crippen molar-refractivity contribution in [3.8, 4) is 0 Å². The van der Waals surface area contributed by atoms with Gasteiger partial charge in [-0.3, -0.25) is 4.79 Å². The molecule has 0 spiro atoms. The van der Waals surface area contributed by atoms with Crippen molar-refractivity contribution in [2.24, 2.45) is 5.92 Å². The van der Waals surface area contributed by atoms with Gasteiger partial charge in [-0.2, -0.15) is 0 Å². The minimum atomic E-state index is -0.817. The summed E-state index contributed by atoms with van der Waals surface area (Å²) in [5, 5.41) is 17.1. The molecule has 3 rings (SSSR count). The van der Waals surface area contributed by atoms with E-state index in [2.05, 4.69) is 15.6 Å². The Balaban J connectivity index is 2.10. The maximum absolute atomic E-state index is 12.9. The van der Waals surface area contributed by atoms with Crippen LogP contribution < -0.4 is 10.6 Å². The van der Waals surface area contributed by atoms with Gasteiger partial charge in [0.25, 0.3) is 0 Å². The number of hydrogen-bond acceptors (Lipinski definition) is 7. The lowest BCUT2D eigenvalue weighted by Crippen LogP contribution is -2.29. The van der Waals surface area contributed by atoms with E-state index in [1.165, 1.54) is 7.11 Å². The number of aromatic nitrogens is 2. The molecule has 1 aliphatic rings. The van der Waals surface area contributed by atoms with Crippen molar-refractivity contribution < 1.29 is 24.2 Å². The molecule has 1 amide bonds. The van der Waals surface area contributed by atoms with Crippen LogP contribution in [-0.4, -0.2) is 58.0 Å². The zero-order valence-corrected chi connectivity index (χ0v) is 21.1. The third-order valence-electron chi connectivity index (χ3n) is 6.21. The van der Waals surface area contributed by atoms with Crippen LogP contribution in [0.25, 0.3) is 11.0 Å². The number of esters is 1. The van der Waals surface area contributed by atoms with Crippen LogP contribution in [-0.2, 0) is 20.8 Å². The Labute approximate surface area is 201 Å². The maximum atomic E-state index is 12.9. The number of nitrogens with zero attached hydrogens (tertiary/aromatic N) is 2. The molecule has 1 saturated heterocycles. The molecule has 0 aromatic carbocycles. The standard InChI is InChI=1S/C25H38N4O5/c1-7-15(2)23(30)28-20-19-11-17(27-16(3)12-25(4,5)32)13-26-22(19)29(21(20)24(31)33-6)14-18-9-8-10-34-18/h11,13,15-16,18,27,32H,7-10,12,14H2,1-6H3,(H,28,30)/t15-,16-,18-/m0/s1. The minimum absolute atomic E-state index is 0.0218. The number of fused-ring (bicyclic) bond motifs is 1. The van der Waals surface area contributed by atoms with E-state index in [0.29, 0.717) is 42.7 Å². The highest BCUT2D eigenvalue weighted by atomic mass is 16.5. The van der Waals surface area contributed by atoms with E-state index in [1.54, 1.807) is 24.6 Å². The number of hydrogen-bond donors (Lipinski definition) is 3. The molecule has 0 radical (unpaired) electrons. The highest BCUT2D eigenvalue weighted by Crippen LogP contribution is 2.34. The van der Waals surface area contributed by atoms with Crippen molar-refractivity contribution in [1.82, 2.24) is 9.55 Å². The molecule has 0 bridgehead atoms. The van der Waals surface area contributed by atoms with Gasteiger partial charge < -0.3 is 29.8 Å². The van der Waals surface area contributed by atoms with Crippen LogP contribution >= 0.6 is 0 Å². The number of ether oxygens (including phenoxy) is 2. The first-order chi connectivity index (χ1) is 16.0. The fraction of sp³-hybridized carbons (Fsp3) is 0.640. The van der Waals surface area contributed by atoms with Crippen molar-refractivity contribution in [3.63, 3.8) is 0 Å². The van der Waals surface area contributed by atoms with Gasteiger partial charge in [0.05, 0.1) is 42.9 Å². The average molecular weight is 475 g/mol. The second-order valence-corrected chi connectivity index (χ2v) is 9.92. The molecule has 0 saturated carbocycles. The zero-order chi connectivity index (χ0) is 25.0. The van der Waals surface area contributed by atoms with E-state index in [-0.39, 0.29) is 29.7 Å². The van der Waals surface area contributed by atoms with Gasteiger partial charge in [-0.05, 0) is 52.5 Å². The monoisotopic (exact) mass is 474 g/mol. The number of carbonyl (C=O) groups excluding carboxylic acids is 2. The van der Waals surface area contributed by atoms with Gasteiger partial charge in [0.15, 0.2) is 5.69 Å². The topological polar surface area (TPSA) is 115 Å². The third kappa shape index (κ3) is 6.07. The number of anilines is 2. The fourth-order valence-corrected chi connectivity index (χ4v) is 4.43. The van der Waals surface area contributed by atoms with Crippen LogP contribution in [0.5, 0.6) is 0 Å². The predicted molar refractivity (Wildman–Crippen MR) is 132 cm³/mol. The number of methoxy groups -OCH3 is 1. The van der Waals surface area contributed by atoms with Gasteiger partial charge in [-0.15, -0.1) is 0 Å². The largest absolute Gasteiger partial charge is 0.464 e. The van der Waals surface area contributed by atoms with Crippen LogP contribution in [0.15, 0.2) is 12.3 Å². The summed E-state index contributed by atoms with van der Waals surface area (Å²) in [4.78, 5) is 30.5. The van der Waals surface area contributed by atoms with E-state index in [0.717, 1.165) is 18.5 Å². The number of amides is 1. The SMILES string of the molecule is CC[C@H](C)C(=O)Nc1c(C(=O)OC)n(C[C@@H]2CCCO2)c2ncc(N[C@@H](C)CC(C)(C)O)cc12. The van der Waals surface area contributed by atoms with Gasteiger partial charge >= 0.3 is 5.97 Å². The number of carbonyl (C=O) groups is 2. The molecular weight excluding hydrogens is 436 g/mol. The number of nitrogens with one attached hydrogen (secondary N) is 2. The number of aliphatic hydroxyl groups is 1. The minimum Gasteiger partial charge on any atom is -0.464 e. The Bertz CT molecular complexity index is 1020. The molecule has 2 aromatic rings. The second kappa shape index (κ2) is 10.7. The molecule has 3 N–H and O–H groups in total. The van der Waals surface area contributed by atoms with Gasteiger partial charge in [0.2, 0.25) is 5.91 Å². The maximum Gasteiger partial charge on any atom is 0.356 e. The molecule has 9 nitrogen and oxygen atoms in total. The second-order valence-electron chi connectivity index (χ2n) is 9.92. The van der Waals surface area contributed by atoms with E-state index in [9.17, 15) is 14.7 Å². The first-order valence-electron chi connectivity index (χ1n) is 12.1. The number of rotatable bonds is 10. The van der Waals surface area contributed by atoms with Crippen molar-refractivity contribution >= 4 is 34.3 Å². The summed E-state index contributed by atoms with van der Waals surface area (Å²) in [5.41, 5.74) is 1.16. The van der Waals surface area contributed by atoms with Crippen LogP contribution in [0.1, 0.15) is 70.8 Å². The average Bonchev–Trinajstić information content (AvgIpc) is 3.38. The summed E-state index contributed by atoms with van der Waals surface area (Å²) in [7, 11) is 1.33. The molecule has 0 unspecified atom stereocenters. The Morgan fingerprint density at radius 1 is 1.38 bits per heavy atom. The fourth-order valence-electron chi connectivity index (χ4n) is 4.43. The van der Waals surface area contributed by atoms with Crippen LogP contribution in [0.4, 0.5) is 11.4 Å². The molecule has 34 heavy (non-hydrogen) atoms. The molecule has 3 atom stereocenters. The molecule has 188 valence electrons. The Morgan fingerprint density at radius 3 is 2.71 bits per heavy atom. The molecule has 1 aliphatic heterocycles. The smallest absolute Gasteiger partial charge is 0.356 e. The summed E-state index contributed by atoms with van der Waals surface area (Å²) in [6.07, 6.45) is 4.74. The van der Waals surface area contributed by atoms with E-state index < -0.39 is 11.6 Å². The summed E-state index contributed by atoms with van der Waals surface area (Å²) in [6, 6.07) is 1.86. The third-order valence-corrected chi connectivity index (χ3v) is 6.21. The van der Waals surface area contributed by atoms with Crippen LogP contribution in [0, 0.1) is 5.92 Å². The van der Waals surface area contributed by atoms with E-state index in [4.69, 9.17) is 9.47 Å². The van der Waals surface area contributed by atoms with Crippen LogP contribution in [0.3, 0.4) is 0 Å². The summed E-state index contributed by atoms with van der Waals surface area (Å²) in [6.45, 7) is 10.4. The lowest BCUT2D eigenvalue weighted by atomic mass is 10.0. The van der Waals surface area contributed by atoms with E-state index >= 15 is 0 Å². The highest BCUT2D eigenvalue weighted by Gasteiger charge is 2.29. The molecule has 1 fully saturated rings. The number of pyridine rings is 1. The summed E-state index contributed by atoms with van der Waals surface area (Å²) < 4.78 is 12.7.